The Kier molecular flexibility index (Phi) is 7.87. The third-order valence-corrected chi connectivity index (χ3v) is 6.36. The molecule has 0 radical (unpaired) electrons. The molecule has 3 aromatic carbocycles. The van der Waals surface area contributed by atoms with Gasteiger partial charge in [-0.1, -0.05) is 35.9 Å². The van der Waals surface area contributed by atoms with Gasteiger partial charge in [0, 0.05) is 16.1 Å². The number of hydrogen-bond donors (Lipinski definition) is 2. The first kappa shape index (κ1) is 26.2. The van der Waals surface area contributed by atoms with Crippen LogP contribution in [0.15, 0.2) is 72.8 Å². The molecule has 0 unspecified atom stereocenters. The van der Waals surface area contributed by atoms with Crippen LogP contribution >= 0.6 is 11.6 Å². The van der Waals surface area contributed by atoms with E-state index in [0.29, 0.717) is 27.5 Å². The Hall–Kier alpha value is -3.36. The number of amides is 2. The molecular formula is C26H28ClN3O4S. The van der Waals surface area contributed by atoms with Crippen LogP contribution in [-0.2, 0) is 16.6 Å². The first-order valence-corrected chi connectivity index (χ1v) is 13.1. The fourth-order valence-electron chi connectivity index (χ4n) is 3.33. The number of nitrogens with one attached hydrogen (secondary N) is 2. The predicted molar refractivity (Wildman–Crippen MR) is 141 cm³/mol. The van der Waals surface area contributed by atoms with Crippen molar-refractivity contribution in [2.24, 2.45) is 0 Å². The second-order valence-corrected chi connectivity index (χ2v) is 11.5. The zero-order chi connectivity index (χ0) is 25.8. The molecule has 0 aliphatic rings. The van der Waals surface area contributed by atoms with Gasteiger partial charge >= 0.3 is 0 Å². The molecule has 7 nitrogen and oxygen atoms in total. The summed E-state index contributed by atoms with van der Waals surface area (Å²) >= 11 is 5.92. The highest BCUT2D eigenvalue weighted by Gasteiger charge is 2.21. The zero-order valence-electron chi connectivity index (χ0n) is 20.0. The first-order chi connectivity index (χ1) is 16.3. The fraction of sp³-hybridized carbons (Fsp3) is 0.231. The molecule has 35 heavy (non-hydrogen) atoms. The lowest BCUT2D eigenvalue weighted by Gasteiger charge is -2.23. The molecule has 0 atom stereocenters. The van der Waals surface area contributed by atoms with Crippen molar-refractivity contribution in [3.8, 4) is 0 Å². The quantitative estimate of drug-likeness (QED) is 0.460. The maximum Gasteiger partial charge on any atom is 0.255 e. The molecule has 2 N–H and O–H groups in total. The minimum absolute atomic E-state index is 0.123. The van der Waals surface area contributed by atoms with E-state index < -0.39 is 21.5 Å². The molecule has 0 bridgehead atoms. The van der Waals surface area contributed by atoms with Crippen LogP contribution in [-0.4, -0.2) is 32.0 Å². The SMILES string of the molecule is CC(C)(C)NC(=O)c1ccccc1NC(=O)c1ccc(N(Cc2ccc(Cl)cc2)S(C)(=O)=O)cc1. The van der Waals surface area contributed by atoms with E-state index in [9.17, 15) is 18.0 Å². The van der Waals surface area contributed by atoms with Crippen LogP contribution in [0, 0.1) is 0 Å². The summed E-state index contributed by atoms with van der Waals surface area (Å²) in [5.74, 6) is -0.717. The average molecular weight is 514 g/mol. The summed E-state index contributed by atoms with van der Waals surface area (Å²) in [5.41, 5.74) is 1.81. The van der Waals surface area contributed by atoms with Gasteiger partial charge in [-0.15, -0.1) is 0 Å². The van der Waals surface area contributed by atoms with Crippen LogP contribution in [0.5, 0.6) is 0 Å². The van der Waals surface area contributed by atoms with E-state index in [1.54, 1.807) is 72.8 Å². The Morgan fingerprint density at radius 3 is 2.06 bits per heavy atom. The topological polar surface area (TPSA) is 95.6 Å². The Morgan fingerprint density at radius 1 is 0.886 bits per heavy atom. The Balaban J connectivity index is 1.80. The van der Waals surface area contributed by atoms with Gasteiger partial charge < -0.3 is 10.6 Å². The van der Waals surface area contributed by atoms with Gasteiger partial charge in [0.1, 0.15) is 0 Å². The Labute approximate surface area is 211 Å². The van der Waals surface area contributed by atoms with Gasteiger partial charge in [0.15, 0.2) is 0 Å². The minimum atomic E-state index is -3.58. The number of halogens is 1. The van der Waals surface area contributed by atoms with E-state index in [-0.39, 0.29) is 12.5 Å². The minimum Gasteiger partial charge on any atom is -0.347 e. The lowest BCUT2D eigenvalue weighted by molar-refractivity contribution is 0.0920. The predicted octanol–water partition coefficient (Wildman–Crippen LogP) is 5.09. The highest BCUT2D eigenvalue weighted by Crippen LogP contribution is 2.23. The number of carbonyl (C=O) groups is 2. The Morgan fingerprint density at radius 2 is 1.49 bits per heavy atom. The molecule has 0 aliphatic carbocycles. The van der Waals surface area contributed by atoms with Gasteiger partial charge in [0.2, 0.25) is 10.0 Å². The van der Waals surface area contributed by atoms with Crippen molar-refractivity contribution in [3.05, 3.63) is 94.5 Å². The summed E-state index contributed by atoms with van der Waals surface area (Å²) in [6, 6.07) is 19.9. The van der Waals surface area contributed by atoms with Crippen molar-refractivity contribution in [2.75, 3.05) is 15.9 Å². The smallest absolute Gasteiger partial charge is 0.255 e. The van der Waals surface area contributed by atoms with Crippen molar-refractivity contribution in [3.63, 3.8) is 0 Å². The largest absolute Gasteiger partial charge is 0.347 e. The van der Waals surface area contributed by atoms with Crippen LogP contribution < -0.4 is 14.9 Å². The summed E-state index contributed by atoms with van der Waals surface area (Å²) < 4.78 is 26.1. The van der Waals surface area contributed by atoms with Crippen LogP contribution in [0.3, 0.4) is 0 Å². The molecule has 3 rings (SSSR count). The molecule has 0 spiro atoms. The normalized spacial score (nSPS) is 11.6. The molecular weight excluding hydrogens is 486 g/mol. The fourth-order valence-corrected chi connectivity index (χ4v) is 4.34. The summed E-state index contributed by atoms with van der Waals surface area (Å²) in [6.45, 7) is 5.75. The summed E-state index contributed by atoms with van der Waals surface area (Å²) in [5, 5.41) is 6.22. The lowest BCUT2D eigenvalue weighted by atomic mass is 10.1. The van der Waals surface area contributed by atoms with Gasteiger partial charge in [0.05, 0.1) is 29.7 Å². The highest BCUT2D eigenvalue weighted by atomic mass is 35.5. The summed E-state index contributed by atoms with van der Waals surface area (Å²) in [4.78, 5) is 25.5. The van der Waals surface area contributed by atoms with Crippen LogP contribution in [0.25, 0.3) is 0 Å². The Bertz CT molecular complexity index is 1320. The van der Waals surface area contributed by atoms with E-state index in [4.69, 9.17) is 11.6 Å². The van der Waals surface area contributed by atoms with Crippen LogP contribution in [0.4, 0.5) is 11.4 Å². The van der Waals surface area contributed by atoms with Gasteiger partial charge in [-0.3, -0.25) is 13.9 Å². The average Bonchev–Trinajstić information content (AvgIpc) is 2.77. The lowest BCUT2D eigenvalue weighted by Crippen LogP contribution is -2.40. The van der Waals surface area contributed by atoms with E-state index in [1.165, 1.54) is 4.31 Å². The van der Waals surface area contributed by atoms with Crippen LogP contribution in [0.2, 0.25) is 5.02 Å². The van der Waals surface area contributed by atoms with Crippen molar-refractivity contribution in [1.29, 1.82) is 0 Å². The molecule has 0 saturated carbocycles. The van der Waals surface area contributed by atoms with Gasteiger partial charge in [0.25, 0.3) is 11.8 Å². The maximum absolute atomic E-state index is 12.9. The standard InChI is InChI=1S/C26H28ClN3O4S/c1-26(2,3)29-25(32)22-7-5-6-8-23(22)28-24(31)19-11-15-21(16-12-19)30(35(4,33)34)17-18-9-13-20(27)14-10-18/h5-16H,17H2,1-4H3,(H,28,31)(H,29,32). The second kappa shape index (κ2) is 10.5. The van der Waals surface area contributed by atoms with Crippen LogP contribution in [0.1, 0.15) is 47.1 Å². The number of rotatable bonds is 7. The number of para-hydroxylation sites is 1. The molecule has 3 aromatic rings. The number of benzene rings is 3. The van der Waals surface area contributed by atoms with Gasteiger partial charge in [-0.25, -0.2) is 8.42 Å². The third-order valence-electron chi connectivity index (χ3n) is 4.97. The molecule has 2 amide bonds. The van der Waals surface area contributed by atoms with Crippen molar-refractivity contribution in [2.45, 2.75) is 32.9 Å². The number of nitrogens with zero attached hydrogens (tertiary/aromatic N) is 1. The summed E-state index contributed by atoms with van der Waals surface area (Å²) in [7, 11) is -3.58. The number of carbonyl (C=O) groups excluding carboxylic acids is 2. The summed E-state index contributed by atoms with van der Waals surface area (Å²) in [6.07, 6.45) is 1.13. The third kappa shape index (κ3) is 7.31. The second-order valence-electron chi connectivity index (χ2n) is 9.15. The number of anilines is 2. The highest BCUT2D eigenvalue weighted by molar-refractivity contribution is 7.92. The van der Waals surface area contributed by atoms with Gasteiger partial charge in [-0.2, -0.15) is 0 Å². The van der Waals surface area contributed by atoms with E-state index in [0.717, 1.165) is 11.8 Å². The maximum atomic E-state index is 12.9. The molecule has 9 heteroatoms. The van der Waals surface area contributed by atoms with E-state index in [1.807, 2.05) is 20.8 Å². The van der Waals surface area contributed by atoms with E-state index >= 15 is 0 Å². The van der Waals surface area contributed by atoms with Crippen molar-refractivity contribution in [1.82, 2.24) is 5.32 Å². The molecule has 0 heterocycles. The molecule has 0 aromatic heterocycles. The number of sulfonamides is 1. The van der Waals surface area contributed by atoms with Crippen molar-refractivity contribution >= 4 is 44.8 Å². The van der Waals surface area contributed by atoms with Gasteiger partial charge in [-0.05, 0) is 74.9 Å². The first-order valence-electron chi connectivity index (χ1n) is 10.9. The number of hydrogen-bond acceptors (Lipinski definition) is 4. The van der Waals surface area contributed by atoms with Crippen molar-refractivity contribution < 1.29 is 18.0 Å². The monoisotopic (exact) mass is 513 g/mol. The molecule has 184 valence electrons. The molecule has 0 saturated heterocycles. The molecule has 0 fully saturated rings. The zero-order valence-corrected chi connectivity index (χ0v) is 21.6. The molecule has 0 aliphatic heterocycles. The van der Waals surface area contributed by atoms with E-state index in [2.05, 4.69) is 10.6 Å².